The summed E-state index contributed by atoms with van der Waals surface area (Å²) in [7, 11) is 0. The number of amides is 4. The minimum atomic E-state index is -1.42. The van der Waals surface area contributed by atoms with Crippen LogP contribution in [-0.2, 0) is 30.4 Å². The van der Waals surface area contributed by atoms with Gasteiger partial charge in [0.05, 0.1) is 12.5 Å². The maximum absolute atomic E-state index is 13.2. The zero-order valence-electron chi connectivity index (χ0n) is 22.4. The Hall–Kier alpha value is -4.24. The number of rotatable bonds is 19. The molecule has 0 bridgehead atoms. The number of unbranched alkanes of at least 4 members (excludes halogenated alkanes) is 1. The fourth-order valence-electron chi connectivity index (χ4n) is 3.70. The number of carboxylic acid groups (broad SMARTS) is 1. The van der Waals surface area contributed by atoms with Crippen molar-refractivity contribution in [3.63, 3.8) is 0 Å². The number of benzene rings is 1. The number of guanidine groups is 1. The monoisotopic (exact) mass is 563 g/mol. The molecule has 0 aromatic heterocycles. The van der Waals surface area contributed by atoms with Crippen LogP contribution < -0.4 is 44.6 Å². The van der Waals surface area contributed by atoms with E-state index in [0.29, 0.717) is 31.4 Å². The van der Waals surface area contributed by atoms with E-state index in [0.717, 1.165) is 0 Å². The summed E-state index contributed by atoms with van der Waals surface area (Å²) in [6.45, 7) is 0.565. The highest BCUT2D eigenvalue weighted by atomic mass is 16.4. The molecule has 0 aliphatic rings. The van der Waals surface area contributed by atoms with E-state index < -0.39 is 60.2 Å². The van der Waals surface area contributed by atoms with Crippen molar-refractivity contribution in [2.24, 2.45) is 33.7 Å². The van der Waals surface area contributed by atoms with Crippen molar-refractivity contribution in [1.29, 1.82) is 0 Å². The number of hydrogen-bond acceptors (Lipinski definition) is 8. The minimum absolute atomic E-state index is 0.00101. The molecule has 0 fully saturated rings. The van der Waals surface area contributed by atoms with Gasteiger partial charge in [0, 0.05) is 13.0 Å². The van der Waals surface area contributed by atoms with Crippen LogP contribution in [0.2, 0.25) is 0 Å². The van der Waals surface area contributed by atoms with Crippen LogP contribution in [0.25, 0.3) is 0 Å². The van der Waals surface area contributed by atoms with E-state index in [1.807, 2.05) is 0 Å². The molecule has 1 aromatic carbocycles. The maximum Gasteiger partial charge on any atom is 0.326 e. The molecule has 15 heteroatoms. The van der Waals surface area contributed by atoms with E-state index in [1.54, 1.807) is 30.3 Å². The van der Waals surface area contributed by atoms with Crippen LogP contribution >= 0.6 is 0 Å². The Balaban J connectivity index is 3.04. The van der Waals surface area contributed by atoms with E-state index in [2.05, 4.69) is 20.9 Å². The second-order valence-electron chi connectivity index (χ2n) is 9.22. The fraction of sp³-hybridized carbons (Fsp3) is 0.520. The molecule has 0 aliphatic heterocycles. The quantitative estimate of drug-likeness (QED) is 0.0471. The lowest BCUT2D eigenvalue weighted by molar-refractivity contribution is -0.142. The molecule has 4 amide bonds. The van der Waals surface area contributed by atoms with Crippen LogP contribution in [0.15, 0.2) is 35.3 Å². The van der Waals surface area contributed by atoms with Gasteiger partial charge in [-0.1, -0.05) is 36.8 Å². The average Bonchev–Trinajstić information content (AvgIpc) is 2.89. The number of nitrogens with two attached hydrogens (primary N) is 5. The van der Waals surface area contributed by atoms with E-state index in [-0.39, 0.29) is 31.8 Å². The van der Waals surface area contributed by atoms with E-state index in [9.17, 15) is 29.1 Å². The van der Waals surface area contributed by atoms with Gasteiger partial charge in [-0.25, -0.2) is 4.79 Å². The van der Waals surface area contributed by atoms with E-state index >= 15 is 0 Å². The molecule has 0 saturated heterocycles. The smallest absolute Gasteiger partial charge is 0.326 e. The van der Waals surface area contributed by atoms with Gasteiger partial charge in [0.1, 0.15) is 18.1 Å². The Kier molecular flexibility index (Phi) is 15.3. The molecule has 1 rings (SSSR count). The Bertz CT molecular complexity index is 1020. The van der Waals surface area contributed by atoms with Gasteiger partial charge in [0.2, 0.25) is 23.6 Å². The normalized spacial score (nSPS) is 13.7. The standard InChI is InChI=1S/C25H41N9O6/c26-11-5-4-9-16(27)21(36)33-18(14-20(28)35)23(38)32-17(10-6-12-31-25(29)30)22(37)34-19(24(39)40)13-15-7-2-1-3-8-15/h1-3,7-8,16-19H,4-6,9-14,26-27H2,(H2,28,35)(H,32,38)(H,33,36)(H,34,37)(H,39,40)(H4,29,30,31). The molecule has 1 aromatic rings. The van der Waals surface area contributed by atoms with Crippen molar-refractivity contribution in [3.05, 3.63) is 35.9 Å². The molecule has 40 heavy (non-hydrogen) atoms. The molecule has 0 radical (unpaired) electrons. The third-order valence-electron chi connectivity index (χ3n) is 5.82. The summed E-state index contributed by atoms with van der Waals surface area (Å²) in [5.41, 5.74) is 27.9. The fourth-order valence-corrected chi connectivity index (χ4v) is 3.70. The van der Waals surface area contributed by atoms with Gasteiger partial charge >= 0.3 is 5.97 Å². The first-order chi connectivity index (χ1) is 18.9. The highest BCUT2D eigenvalue weighted by molar-refractivity contribution is 5.96. The van der Waals surface area contributed by atoms with Crippen molar-refractivity contribution in [1.82, 2.24) is 16.0 Å². The van der Waals surface area contributed by atoms with Crippen LogP contribution in [-0.4, -0.2) is 77.9 Å². The van der Waals surface area contributed by atoms with Crippen molar-refractivity contribution in [2.45, 2.75) is 69.1 Å². The molecule has 0 spiro atoms. The SMILES string of the molecule is NCCCCC(N)C(=O)NC(CC(N)=O)C(=O)NC(CCCN=C(N)N)C(=O)NC(Cc1ccccc1)C(=O)O. The first kappa shape index (κ1) is 33.8. The average molecular weight is 564 g/mol. The zero-order valence-corrected chi connectivity index (χ0v) is 22.4. The summed E-state index contributed by atoms with van der Waals surface area (Å²) in [6.07, 6.45) is 1.25. The third-order valence-corrected chi connectivity index (χ3v) is 5.82. The Morgan fingerprint density at radius 1 is 0.800 bits per heavy atom. The summed E-state index contributed by atoms with van der Waals surface area (Å²) in [6, 6.07) is 3.77. The number of aliphatic imine (C=N–C) groups is 1. The molecule has 0 aliphatic carbocycles. The van der Waals surface area contributed by atoms with Gasteiger partial charge in [-0.2, -0.15) is 0 Å². The zero-order chi connectivity index (χ0) is 30.1. The molecule has 0 heterocycles. The number of aliphatic carboxylic acids is 1. The molecular formula is C25H41N9O6. The van der Waals surface area contributed by atoms with Crippen LogP contribution in [0, 0.1) is 0 Å². The molecule has 4 unspecified atom stereocenters. The lowest BCUT2D eigenvalue weighted by Crippen LogP contribution is -2.58. The van der Waals surface area contributed by atoms with Crippen LogP contribution in [0.5, 0.6) is 0 Å². The first-order valence-electron chi connectivity index (χ1n) is 12.9. The number of primary amides is 1. The number of hydrogen-bond donors (Lipinski definition) is 9. The molecule has 222 valence electrons. The van der Waals surface area contributed by atoms with Crippen molar-refractivity contribution in [2.75, 3.05) is 13.1 Å². The molecule has 14 N–H and O–H groups in total. The maximum atomic E-state index is 13.2. The molecule has 4 atom stereocenters. The summed E-state index contributed by atoms with van der Waals surface area (Å²) < 4.78 is 0. The first-order valence-corrected chi connectivity index (χ1v) is 12.9. The largest absolute Gasteiger partial charge is 0.480 e. The van der Waals surface area contributed by atoms with Crippen LogP contribution in [0.3, 0.4) is 0 Å². The summed E-state index contributed by atoms with van der Waals surface area (Å²) in [4.78, 5) is 66.1. The Labute approximate surface area is 232 Å². The van der Waals surface area contributed by atoms with Crippen molar-refractivity contribution >= 4 is 35.6 Å². The molecule has 0 saturated carbocycles. The van der Waals surface area contributed by atoms with Gasteiger partial charge in [0.15, 0.2) is 5.96 Å². The minimum Gasteiger partial charge on any atom is -0.480 e. The molecular weight excluding hydrogens is 522 g/mol. The van der Waals surface area contributed by atoms with E-state index in [4.69, 9.17) is 28.7 Å². The van der Waals surface area contributed by atoms with Crippen molar-refractivity contribution < 1.29 is 29.1 Å². The number of carbonyl (C=O) groups is 5. The third kappa shape index (κ3) is 13.5. The Morgan fingerprint density at radius 2 is 1.40 bits per heavy atom. The second-order valence-corrected chi connectivity index (χ2v) is 9.22. The summed E-state index contributed by atoms with van der Waals surface area (Å²) in [5, 5.41) is 17.0. The predicted octanol–water partition coefficient (Wildman–Crippen LogP) is -2.85. The van der Waals surface area contributed by atoms with Gasteiger partial charge < -0.3 is 49.7 Å². The number of carboxylic acids is 1. The summed E-state index contributed by atoms with van der Waals surface area (Å²) in [5.74, 6) is -4.65. The number of nitrogens with zero attached hydrogens (tertiary/aromatic N) is 1. The van der Waals surface area contributed by atoms with E-state index in [1.165, 1.54) is 0 Å². The highest BCUT2D eigenvalue weighted by Gasteiger charge is 2.31. The van der Waals surface area contributed by atoms with Crippen LogP contribution in [0.1, 0.15) is 44.1 Å². The topological polar surface area (TPSA) is 284 Å². The Morgan fingerprint density at radius 3 is 1.98 bits per heavy atom. The lowest BCUT2D eigenvalue weighted by atomic mass is 10.0. The summed E-state index contributed by atoms with van der Waals surface area (Å²) >= 11 is 0. The van der Waals surface area contributed by atoms with Crippen molar-refractivity contribution in [3.8, 4) is 0 Å². The number of carbonyl (C=O) groups excluding carboxylic acids is 4. The van der Waals surface area contributed by atoms with Crippen LogP contribution in [0.4, 0.5) is 0 Å². The van der Waals surface area contributed by atoms with Gasteiger partial charge in [-0.05, 0) is 37.8 Å². The van der Waals surface area contributed by atoms with Gasteiger partial charge in [-0.15, -0.1) is 0 Å². The number of nitrogens with one attached hydrogen (secondary N) is 3. The van der Waals surface area contributed by atoms with Gasteiger partial charge in [-0.3, -0.25) is 24.2 Å². The predicted molar refractivity (Wildman–Crippen MR) is 148 cm³/mol. The highest BCUT2D eigenvalue weighted by Crippen LogP contribution is 2.07. The van der Waals surface area contributed by atoms with Gasteiger partial charge in [0.25, 0.3) is 0 Å². The molecule has 15 nitrogen and oxygen atoms in total. The lowest BCUT2D eigenvalue weighted by Gasteiger charge is -2.25. The second kappa shape index (κ2) is 18.1.